The number of piperidine rings is 1. The Labute approximate surface area is 159 Å². The van der Waals surface area contributed by atoms with Crippen LogP contribution in [0.25, 0.3) is 11.3 Å². The van der Waals surface area contributed by atoms with E-state index in [0.29, 0.717) is 17.8 Å². The molecule has 27 heavy (non-hydrogen) atoms. The number of phenols is 1. The first-order valence-corrected chi connectivity index (χ1v) is 9.55. The summed E-state index contributed by atoms with van der Waals surface area (Å²) in [5, 5.41) is 22.8. The number of benzene rings is 1. The molecule has 1 aliphatic heterocycles. The zero-order valence-electron chi connectivity index (χ0n) is 15.9. The van der Waals surface area contributed by atoms with Crippen molar-refractivity contribution in [2.75, 3.05) is 13.1 Å². The first-order valence-electron chi connectivity index (χ1n) is 9.55. The standard InChI is InChI=1S/C20H26N6O/c1-15(2)25-12-17(10-21-25)20-14-26(23-22-20)18-6-4-8-24(13-18)11-16-5-3-7-19(27)9-16/h3,5,7,9-10,12,14-15,18,27H,4,6,8,11,13H2,1-2H3/t18-/m1/s1. The van der Waals surface area contributed by atoms with E-state index in [1.54, 1.807) is 6.07 Å². The molecule has 0 amide bonds. The van der Waals surface area contributed by atoms with Gasteiger partial charge in [0, 0.05) is 30.9 Å². The molecule has 1 fully saturated rings. The summed E-state index contributed by atoms with van der Waals surface area (Å²) in [5.41, 5.74) is 3.01. The van der Waals surface area contributed by atoms with E-state index in [1.807, 2.05) is 40.1 Å². The van der Waals surface area contributed by atoms with Crippen molar-refractivity contribution in [2.45, 2.75) is 45.3 Å². The molecule has 1 saturated heterocycles. The lowest BCUT2D eigenvalue weighted by molar-refractivity contribution is 0.162. The van der Waals surface area contributed by atoms with E-state index < -0.39 is 0 Å². The van der Waals surface area contributed by atoms with Gasteiger partial charge < -0.3 is 5.11 Å². The van der Waals surface area contributed by atoms with Crippen molar-refractivity contribution in [3.63, 3.8) is 0 Å². The van der Waals surface area contributed by atoms with Crippen molar-refractivity contribution in [2.24, 2.45) is 0 Å². The van der Waals surface area contributed by atoms with Gasteiger partial charge in [-0.1, -0.05) is 17.3 Å². The molecule has 7 heteroatoms. The molecule has 1 N–H and O–H groups in total. The molecule has 142 valence electrons. The number of rotatable bonds is 5. The summed E-state index contributed by atoms with van der Waals surface area (Å²) in [7, 11) is 0. The highest BCUT2D eigenvalue weighted by atomic mass is 16.3. The minimum Gasteiger partial charge on any atom is -0.508 e. The van der Waals surface area contributed by atoms with E-state index in [0.717, 1.165) is 49.3 Å². The van der Waals surface area contributed by atoms with Gasteiger partial charge in [-0.05, 0) is 50.9 Å². The third-order valence-electron chi connectivity index (χ3n) is 5.11. The third kappa shape index (κ3) is 4.03. The van der Waals surface area contributed by atoms with Gasteiger partial charge in [0.1, 0.15) is 11.4 Å². The molecule has 2 aromatic heterocycles. The van der Waals surface area contributed by atoms with Crippen molar-refractivity contribution in [3.8, 4) is 17.0 Å². The molecule has 3 heterocycles. The molecular weight excluding hydrogens is 340 g/mol. The van der Waals surface area contributed by atoms with Gasteiger partial charge in [0.05, 0.1) is 18.4 Å². The predicted octanol–water partition coefficient (Wildman–Crippen LogP) is 3.27. The minimum atomic E-state index is 0.317. The normalized spacial score (nSPS) is 18.3. The summed E-state index contributed by atoms with van der Waals surface area (Å²) in [6.45, 7) is 7.06. The van der Waals surface area contributed by atoms with Gasteiger partial charge in [-0.2, -0.15) is 5.10 Å². The SMILES string of the molecule is CC(C)n1cc(-c2cn([C@@H]3CCCN(Cc4cccc(O)c4)C3)nn2)cn1. The van der Waals surface area contributed by atoms with Crippen LogP contribution < -0.4 is 0 Å². The maximum Gasteiger partial charge on any atom is 0.116 e. The van der Waals surface area contributed by atoms with E-state index in [2.05, 4.69) is 40.2 Å². The van der Waals surface area contributed by atoms with Crippen LogP contribution in [0.4, 0.5) is 0 Å². The predicted molar refractivity (Wildman–Crippen MR) is 103 cm³/mol. The van der Waals surface area contributed by atoms with Crippen molar-refractivity contribution < 1.29 is 5.11 Å². The number of phenolic OH excluding ortho intramolecular Hbond substituents is 1. The third-order valence-corrected chi connectivity index (χ3v) is 5.11. The Kier molecular flexibility index (Phi) is 4.94. The van der Waals surface area contributed by atoms with E-state index in [1.165, 1.54) is 0 Å². The molecule has 1 aromatic carbocycles. The smallest absolute Gasteiger partial charge is 0.116 e. The second-order valence-corrected chi connectivity index (χ2v) is 7.59. The Morgan fingerprint density at radius 2 is 2.15 bits per heavy atom. The quantitative estimate of drug-likeness (QED) is 0.750. The van der Waals surface area contributed by atoms with Crippen molar-refractivity contribution in [1.82, 2.24) is 29.7 Å². The Morgan fingerprint density at radius 3 is 2.93 bits per heavy atom. The fraction of sp³-hybridized carbons (Fsp3) is 0.450. The van der Waals surface area contributed by atoms with E-state index in [4.69, 9.17) is 0 Å². The summed E-state index contributed by atoms with van der Waals surface area (Å²) >= 11 is 0. The number of aromatic hydroxyl groups is 1. The molecular formula is C20H26N6O. The summed E-state index contributed by atoms with van der Waals surface area (Å²) in [6.07, 6.45) is 8.14. The molecule has 1 aliphatic rings. The number of aromatic nitrogens is 5. The molecule has 0 unspecified atom stereocenters. The van der Waals surface area contributed by atoms with Gasteiger partial charge in [-0.3, -0.25) is 9.58 Å². The van der Waals surface area contributed by atoms with Crippen LogP contribution in [-0.4, -0.2) is 47.9 Å². The van der Waals surface area contributed by atoms with Gasteiger partial charge in [0.15, 0.2) is 0 Å². The average Bonchev–Trinajstić information content (AvgIpc) is 3.32. The van der Waals surface area contributed by atoms with Crippen LogP contribution in [-0.2, 0) is 6.54 Å². The first-order chi connectivity index (χ1) is 13.1. The van der Waals surface area contributed by atoms with Crippen molar-refractivity contribution in [3.05, 3.63) is 48.4 Å². The van der Waals surface area contributed by atoms with Crippen LogP contribution in [0.2, 0.25) is 0 Å². The van der Waals surface area contributed by atoms with Gasteiger partial charge in [0.25, 0.3) is 0 Å². The maximum atomic E-state index is 9.67. The molecule has 0 radical (unpaired) electrons. The number of hydrogen-bond acceptors (Lipinski definition) is 5. The summed E-state index contributed by atoms with van der Waals surface area (Å²) < 4.78 is 3.93. The van der Waals surface area contributed by atoms with E-state index in [9.17, 15) is 5.11 Å². The topological polar surface area (TPSA) is 72.0 Å². The highest BCUT2D eigenvalue weighted by Crippen LogP contribution is 2.25. The Balaban J connectivity index is 1.44. The van der Waals surface area contributed by atoms with Crippen LogP contribution in [0.5, 0.6) is 5.75 Å². The summed E-state index contributed by atoms with van der Waals surface area (Å²) in [4.78, 5) is 2.42. The lowest BCUT2D eigenvalue weighted by atomic mass is 10.0. The van der Waals surface area contributed by atoms with Crippen LogP contribution in [0.15, 0.2) is 42.9 Å². The van der Waals surface area contributed by atoms with Crippen LogP contribution >= 0.6 is 0 Å². The fourth-order valence-corrected chi connectivity index (χ4v) is 3.64. The van der Waals surface area contributed by atoms with Crippen LogP contribution in [0, 0.1) is 0 Å². The fourth-order valence-electron chi connectivity index (χ4n) is 3.64. The highest BCUT2D eigenvalue weighted by molar-refractivity contribution is 5.55. The molecule has 3 aromatic rings. The van der Waals surface area contributed by atoms with E-state index >= 15 is 0 Å². The lowest BCUT2D eigenvalue weighted by Gasteiger charge is -2.32. The summed E-state index contributed by atoms with van der Waals surface area (Å²) in [5.74, 6) is 0.323. The zero-order chi connectivity index (χ0) is 18.8. The Hall–Kier alpha value is -2.67. The monoisotopic (exact) mass is 366 g/mol. The summed E-state index contributed by atoms with van der Waals surface area (Å²) in [6, 6.07) is 8.15. The molecule has 0 bridgehead atoms. The van der Waals surface area contributed by atoms with Crippen molar-refractivity contribution in [1.29, 1.82) is 0 Å². The molecule has 7 nitrogen and oxygen atoms in total. The molecule has 4 rings (SSSR count). The number of hydrogen-bond donors (Lipinski definition) is 1. The van der Waals surface area contributed by atoms with Gasteiger partial charge in [-0.15, -0.1) is 5.10 Å². The van der Waals surface area contributed by atoms with Crippen LogP contribution in [0.3, 0.4) is 0 Å². The average molecular weight is 366 g/mol. The second-order valence-electron chi connectivity index (χ2n) is 7.59. The highest BCUT2D eigenvalue weighted by Gasteiger charge is 2.23. The molecule has 1 atom stereocenters. The minimum absolute atomic E-state index is 0.317. The van der Waals surface area contributed by atoms with Crippen molar-refractivity contribution >= 4 is 0 Å². The largest absolute Gasteiger partial charge is 0.508 e. The van der Waals surface area contributed by atoms with Gasteiger partial charge in [0.2, 0.25) is 0 Å². The Morgan fingerprint density at radius 1 is 1.26 bits per heavy atom. The Bertz CT molecular complexity index is 899. The number of nitrogens with zero attached hydrogens (tertiary/aromatic N) is 6. The molecule has 0 spiro atoms. The maximum absolute atomic E-state index is 9.67. The molecule has 0 saturated carbocycles. The van der Waals surface area contributed by atoms with Gasteiger partial charge in [-0.25, -0.2) is 4.68 Å². The zero-order valence-corrected chi connectivity index (χ0v) is 15.9. The lowest BCUT2D eigenvalue weighted by Crippen LogP contribution is -2.36. The first kappa shape index (κ1) is 17.7. The number of likely N-dealkylation sites (tertiary alicyclic amines) is 1. The van der Waals surface area contributed by atoms with E-state index in [-0.39, 0.29) is 0 Å². The van der Waals surface area contributed by atoms with Crippen LogP contribution in [0.1, 0.15) is 44.3 Å². The second kappa shape index (κ2) is 7.52. The molecule has 0 aliphatic carbocycles. The van der Waals surface area contributed by atoms with Gasteiger partial charge >= 0.3 is 0 Å².